The fourth-order valence-electron chi connectivity index (χ4n) is 0.528. The Kier molecular flexibility index (Phi) is 2.05. The molecule has 0 radical (unpaired) electrons. The van der Waals surface area contributed by atoms with Gasteiger partial charge in [-0.3, -0.25) is 4.98 Å². The molecule has 0 N–H and O–H groups in total. The van der Waals surface area contributed by atoms with E-state index in [0.29, 0.717) is 4.90 Å². The van der Waals surface area contributed by atoms with Crippen molar-refractivity contribution in [3.8, 4) is 0 Å². The van der Waals surface area contributed by atoms with E-state index in [9.17, 15) is 4.39 Å². The summed E-state index contributed by atoms with van der Waals surface area (Å²) < 4.78 is 12.5. The van der Waals surface area contributed by atoms with Crippen molar-refractivity contribution in [2.75, 3.05) is 6.26 Å². The van der Waals surface area contributed by atoms with Gasteiger partial charge < -0.3 is 0 Å². The summed E-state index contributed by atoms with van der Waals surface area (Å²) in [6, 6.07) is 1.65. The number of halogens is 1. The van der Waals surface area contributed by atoms with Gasteiger partial charge in [-0.1, -0.05) is 0 Å². The van der Waals surface area contributed by atoms with Crippen LogP contribution in [0.15, 0.2) is 23.4 Å². The fraction of sp³-hybridized carbons (Fsp3) is 0.167. The molecule has 1 nitrogen and oxygen atoms in total. The van der Waals surface area contributed by atoms with E-state index in [1.54, 1.807) is 12.3 Å². The van der Waals surface area contributed by atoms with Crippen LogP contribution in [-0.4, -0.2) is 11.2 Å². The number of aromatic nitrogens is 1. The van der Waals surface area contributed by atoms with Gasteiger partial charge >= 0.3 is 0 Å². The molecule has 0 spiro atoms. The third-order valence-electron chi connectivity index (χ3n) is 0.955. The first kappa shape index (κ1) is 6.55. The second-order valence-corrected chi connectivity index (χ2v) is 2.36. The Bertz CT molecular complexity index is 202. The summed E-state index contributed by atoms with van der Waals surface area (Å²) in [5.74, 6) is -0.245. The van der Waals surface area contributed by atoms with E-state index in [1.165, 1.54) is 18.0 Å². The monoisotopic (exact) mass is 143 g/mol. The number of rotatable bonds is 1. The van der Waals surface area contributed by atoms with Crippen molar-refractivity contribution in [3.05, 3.63) is 24.3 Å². The van der Waals surface area contributed by atoms with Crippen molar-refractivity contribution in [2.24, 2.45) is 0 Å². The molecule has 3 heteroatoms. The molecule has 0 aromatic carbocycles. The van der Waals surface area contributed by atoms with Crippen LogP contribution in [0.25, 0.3) is 0 Å². The Hall–Kier alpha value is -0.570. The van der Waals surface area contributed by atoms with Gasteiger partial charge in [0.1, 0.15) is 0 Å². The van der Waals surface area contributed by atoms with Gasteiger partial charge in [-0.05, 0) is 12.3 Å². The summed E-state index contributed by atoms with van der Waals surface area (Å²) in [6.07, 6.45) is 4.62. The zero-order chi connectivity index (χ0) is 6.69. The molecule has 0 saturated heterocycles. The summed E-state index contributed by atoms with van der Waals surface area (Å²) >= 11 is 1.38. The van der Waals surface area contributed by atoms with E-state index in [-0.39, 0.29) is 5.82 Å². The van der Waals surface area contributed by atoms with Gasteiger partial charge in [-0.25, -0.2) is 4.39 Å². The van der Waals surface area contributed by atoms with Crippen molar-refractivity contribution in [3.63, 3.8) is 0 Å². The molecular weight excluding hydrogens is 137 g/mol. The Morgan fingerprint density at radius 2 is 2.44 bits per heavy atom. The largest absolute Gasteiger partial charge is 0.262 e. The van der Waals surface area contributed by atoms with E-state index >= 15 is 0 Å². The molecule has 1 aromatic heterocycles. The average Bonchev–Trinajstić information content (AvgIpc) is 1.89. The first-order valence-electron chi connectivity index (χ1n) is 2.48. The van der Waals surface area contributed by atoms with Crippen molar-refractivity contribution >= 4 is 11.8 Å². The third kappa shape index (κ3) is 1.42. The maximum Gasteiger partial charge on any atom is 0.154 e. The van der Waals surface area contributed by atoms with E-state index < -0.39 is 0 Å². The number of thioether (sulfide) groups is 1. The van der Waals surface area contributed by atoms with Crippen LogP contribution in [0.5, 0.6) is 0 Å². The van der Waals surface area contributed by atoms with E-state index in [1.807, 2.05) is 6.26 Å². The van der Waals surface area contributed by atoms with Crippen LogP contribution in [0.4, 0.5) is 4.39 Å². The van der Waals surface area contributed by atoms with Crippen molar-refractivity contribution < 1.29 is 4.39 Å². The van der Waals surface area contributed by atoms with E-state index in [0.717, 1.165) is 0 Å². The van der Waals surface area contributed by atoms with Crippen molar-refractivity contribution in [1.82, 2.24) is 4.98 Å². The quantitative estimate of drug-likeness (QED) is 0.557. The zero-order valence-electron chi connectivity index (χ0n) is 4.97. The minimum atomic E-state index is -0.245. The van der Waals surface area contributed by atoms with Gasteiger partial charge in [0.2, 0.25) is 0 Å². The normalized spacial score (nSPS) is 9.56. The number of nitrogens with zero attached hydrogens (tertiary/aromatic N) is 1. The van der Waals surface area contributed by atoms with Gasteiger partial charge in [0, 0.05) is 11.1 Å². The molecule has 0 amide bonds. The molecule has 0 fully saturated rings. The highest BCUT2D eigenvalue weighted by molar-refractivity contribution is 7.98. The van der Waals surface area contributed by atoms with Crippen LogP contribution >= 0.6 is 11.8 Å². The van der Waals surface area contributed by atoms with Gasteiger partial charge in [0.05, 0.1) is 6.20 Å². The van der Waals surface area contributed by atoms with Gasteiger partial charge in [0.15, 0.2) is 5.82 Å². The molecule has 0 bridgehead atoms. The molecule has 0 aliphatic heterocycles. The maximum atomic E-state index is 12.5. The van der Waals surface area contributed by atoms with Crippen LogP contribution in [0, 0.1) is 5.82 Å². The fourth-order valence-corrected chi connectivity index (χ4v) is 0.973. The highest BCUT2D eigenvalue weighted by Crippen LogP contribution is 2.15. The average molecular weight is 143 g/mol. The molecule has 0 aliphatic rings. The zero-order valence-corrected chi connectivity index (χ0v) is 5.78. The smallest absolute Gasteiger partial charge is 0.154 e. The molecule has 0 saturated carbocycles. The third-order valence-corrected chi connectivity index (χ3v) is 1.73. The summed E-state index contributed by atoms with van der Waals surface area (Å²) in [4.78, 5) is 4.25. The topological polar surface area (TPSA) is 12.9 Å². The lowest BCUT2D eigenvalue weighted by Gasteiger charge is -1.93. The van der Waals surface area contributed by atoms with Crippen LogP contribution in [0.1, 0.15) is 0 Å². The lowest BCUT2D eigenvalue weighted by Crippen LogP contribution is -1.79. The Morgan fingerprint density at radius 3 is 2.89 bits per heavy atom. The Balaban J connectivity index is 3.01. The molecule has 0 atom stereocenters. The standard InChI is InChI=1S/C6H6FNS/c1-9-6-2-3-8-4-5(6)7/h2-4H,1H3. The van der Waals surface area contributed by atoms with Gasteiger partial charge in [-0.15, -0.1) is 11.8 Å². The molecule has 1 aromatic rings. The molecule has 1 heterocycles. The van der Waals surface area contributed by atoms with Crippen molar-refractivity contribution in [1.29, 1.82) is 0 Å². The van der Waals surface area contributed by atoms with Gasteiger partial charge in [-0.2, -0.15) is 0 Å². The first-order valence-corrected chi connectivity index (χ1v) is 3.70. The maximum absolute atomic E-state index is 12.5. The van der Waals surface area contributed by atoms with E-state index in [2.05, 4.69) is 4.98 Å². The van der Waals surface area contributed by atoms with Gasteiger partial charge in [0.25, 0.3) is 0 Å². The predicted molar refractivity (Wildman–Crippen MR) is 36.0 cm³/mol. The number of hydrogen-bond donors (Lipinski definition) is 0. The van der Waals surface area contributed by atoms with Crippen LogP contribution in [0.3, 0.4) is 0 Å². The summed E-state index contributed by atoms with van der Waals surface area (Å²) in [5.41, 5.74) is 0. The molecule has 0 unspecified atom stereocenters. The summed E-state index contributed by atoms with van der Waals surface area (Å²) in [5, 5.41) is 0. The highest BCUT2D eigenvalue weighted by Gasteiger charge is 1.95. The second-order valence-electron chi connectivity index (χ2n) is 1.51. The van der Waals surface area contributed by atoms with E-state index in [4.69, 9.17) is 0 Å². The lowest BCUT2D eigenvalue weighted by molar-refractivity contribution is 0.595. The Morgan fingerprint density at radius 1 is 1.67 bits per heavy atom. The van der Waals surface area contributed by atoms with Crippen LogP contribution in [-0.2, 0) is 0 Å². The minimum absolute atomic E-state index is 0.245. The lowest BCUT2D eigenvalue weighted by atomic mass is 10.5. The van der Waals surface area contributed by atoms with Crippen LogP contribution < -0.4 is 0 Å². The second kappa shape index (κ2) is 2.82. The van der Waals surface area contributed by atoms with Crippen LogP contribution in [0.2, 0.25) is 0 Å². The molecule has 48 valence electrons. The SMILES string of the molecule is CSc1ccncc1F. The number of pyridine rings is 1. The summed E-state index contributed by atoms with van der Waals surface area (Å²) in [7, 11) is 0. The predicted octanol–water partition coefficient (Wildman–Crippen LogP) is 1.94. The molecule has 1 rings (SSSR count). The minimum Gasteiger partial charge on any atom is -0.262 e. The van der Waals surface area contributed by atoms with Crippen molar-refractivity contribution in [2.45, 2.75) is 4.90 Å². The molecule has 9 heavy (non-hydrogen) atoms. The molecular formula is C6H6FNS. The Labute approximate surface area is 57.3 Å². The highest BCUT2D eigenvalue weighted by atomic mass is 32.2. The summed E-state index contributed by atoms with van der Waals surface area (Å²) in [6.45, 7) is 0. The molecule has 0 aliphatic carbocycles. The number of hydrogen-bond acceptors (Lipinski definition) is 2. The first-order chi connectivity index (χ1) is 4.34.